The standard InChI is InChI=1S/C19H23N5O3/c1-22-10-19(27-18(22)26)6-7-23(11-19)17(25)13-8-15-16(20-9-13)24(12-21-15)14-4-2-3-5-14/h8-9,12,14H,2-7,10-11H2,1H3. The highest BCUT2D eigenvalue weighted by atomic mass is 16.6. The molecule has 0 bridgehead atoms. The van der Waals surface area contributed by atoms with Gasteiger partial charge >= 0.3 is 6.09 Å². The largest absolute Gasteiger partial charge is 0.439 e. The summed E-state index contributed by atoms with van der Waals surface area (Å²) in [6.07, 6.45) is 8.67. The van der Waals surface area contributed by atoms with E-state index in [1.807, 2.05) is 12.4 Å². The summed E-state index contributed by atoms with van der Waals surface area (Å²) in [6, 6.07) is 2.30. The molecular weight excluding hydrogens is 346 g/mol. The molecule has 2 aliphatic heterocycles. The highest BCUT2D eigenvalue weighted by Crippen LogP contribution is 2.33. The lowest BCUT2D eigenvalue weighted by Crippen LogP contribution is -2.39. The fourth-order valence-electron chi connectivity index (χ4n) is 4.69. The van der Waals surface area contributed by atoms with Crippen molar-refractivity contribution in [1.82, 2.24) is 24.3 Å². The summed E-state index contributed by atoms with van der Waals surface area (Å²) in [7, 11) is 1.72. The minimum absolute atomic E-state index is 0.0812. The zero-order valence-electron chi connectivity index (χ0n) is 15.4. The molecule has 2 saturated heterocycles. The third-order valence-electron chi connectivity index (χ3n) is 6.12. The van der Waals surface area contributed by atoms with Gasteiger partial charge in [-0.1, -0.05) is 12.8 Å². The maximum Gasteiger partial charge on any atom is 0.410 e. The first-order chi connectivity index (χ1) is 13.0. The van der Waals surface area contributed by atoms with Gasteiger partial charge < -0.3 is 19.1 Å². The van der Waals surface area contributed by atoms with Crippen LogP contribution in [-0.2, 0) is 4.74 Å². The summed E-state index contributed by atoms with van der Waals surface area (Å²) in [5.74, 6) is -0.0812. The smallest absolute Gasteiger partial charge is 0.410 e. The molecule has 8 nitrogen and oxygen atoms in total. The normalized spacial score (nSPS) is 25.9. The molecule has 0 N–H and O–H groups in total. The molecule has 3 aliphatic rings. The van der Waals surface area contributed by atoms with E-state index in [0.29, 0.717) is 37.7 Å². The van der Waals surface area contributed by atoms with E-state index in [1.54, 1.807) is 23.0 Å². The van der Waals surface area contributed by atoms with Gasteiger partial charge in [-0.3, -0.25) is 4.79 Å². The van der Waals surface area contributed by atoms with E-state index in [2.05, 4.69) is 14.5 Å². The number of imidazole rings is 1. The summed E-state index contributed by atoms with van der Waals surface area (Å²) >= 11 is 0. The zero-order valence-corrected chi connectivity index (χ0v) is 15.4. The third kappa shape index (κ3) is 2.65. The Hall–Kier alpha value is -2.64. The lowest BCUT2D eigenvalue weighted by atomic mass is 10.0. The van der Waals surface area contributed by atoms with Crippen molar-refractivity contribution in [3.8, 4) is 0 Å². The predicted molar refractivity (Wildman–Crippen MR) is 97.4 cm³/mol. The van der Waals surface area contributed by atoms with Crippen molar-refractivity contribution in [1.29, 1.82) is 0 Å². The lowest BCUT2D eigenvalue weighted by molar-refractivity contribution is 0.0553. The Bertz CT molecular complexity index is 919. The number of ether oxygens (including phenoxy) is 1. The van der Waals surface area contributed by atoms with Crippen molar-refractivity contribution < 1.29 is 14.3 Å². The molecule has 1 saturated carbocycles. The van der Waals surface area contributed by atoms with Crippen LogP contribution < -0.4 is 0 Å². The molecule has 3 fully saturated rings. The first kappa shape index (κ1) is 16.5. The van der Waals surface area contributed by atoms with E-state index in [0.717, 1.165) is 24.0 Å². The van der Waals surface area contributed by atoms with Crippen molar-refractivity contribution in [2.75, 3.05) is 26.7 Å². The molecule has 2 aromatic heterocycles. The summed E-state index contributed by atoms with van der Waals surface area (Å²) < 4.78 is 7.68. The summed E-state index contributed by atoms with van der Waals surface area (Å²) in [6.45, 7) is 1.53. The second-order valence-corrected chi connectivity index (χ2v) is 8.04. The lowest BCUT2D eigenvalue weighted by Gasteiger charge is -2.21. The van der Waals surface area contributed by atoms with Gasteiger partial charge in [-0.25, -0.2) is 14.8 Å². The molecule has 1 atom stereocenters. The number of hydrogen-bond donors (Lipinski definition) is 0. The highest BCUT2D eigenvalue weighted by molar-refractivity contribution is 5.96. The SMILES string of the molecule is CN1CC2(CCN(C(=O)c3cnc4c(c3)ncn4C3CCCC3)C2)OC1=O. The van der Waals surface area contributed by atoms with Crippen LogP contribution >= 0.6 is 0 Å². The van der Waals surface area contributed by atoms with Crippen LogP contribution in [0.15, 0.2) is 18.6 Å². The molecule has 1 aliphatic carbocycles. The van der Waals surface area contributed by atoms with E-state index < -0.39 is 5.60 Å². The Morgan fingerprint density at radius 1 is 1.26 bits per heavy atom. The fraction of sp³-hybridized carbons (Fsp3) is 0.579. The molecule has 5 rings (SSSR count). The van der Waals surface area contributed by atoms with Crippen molar-refractivity contribution in [3.05, 3.63) is 24.2 Å². The maximum atomic E-state index is 13.0. The van der Waals surface area contributed by atoms with Gasteiger partial charge in [-0.05, 0) is 18.9 Å². The summed E-state index contributed by atoms with van der Waals surface area (Å²) in [5, 5.41) is 0. The number of fused-ring (bicyclic) bond motifs is 1. The number of pyridine rings is 1. The molecule has 27 heavy (non-hydrogen) atoms. The van der Waals surface area contributed by atoms with Crippen LogP contribution in [0.3, 0.4) is 0 Å². The number of likely N-dealkylation sites (N-methyl/N-ethyl adjacent to an activating group) is 1. The molecule has 2 aromatic rings. The number of aromatic nitrogens is 3. The molecule has 1 unspecified atom stereocenters. The Kier molecular flexibility index (Phi) is 3.63. The van der Waals surface area contributed by atoms with E-state index in [9.17, 15) is 9.59 Å². The quantitative estimate of drug-likeness (QED) is 0.811. The summed E-state index contributed by atoms with van der Waals surface area (Å²) in [5.41, 5.74) is 1.58. The Labute approximate surface area is 157 Å². The van der Waals surface area contributed by atoms with Crippen LogP contribution in [0.1, 0.15) is 48.5 Å². The van der Waals surface area contributed by atoms with E-state index in [1.165, 1.54) is 12.8 Å². The van der Waals surface area contributed by atoms with Crippen LogP contribution in [0, 0.1) is 0 Å². The van der Waals surface area contributed by atoms with Crippen LogP contribution in [0.25, 0.3) is 11.2 Å². The monoisotopic (exact) mass is 369 g/mol. The zero-order chi connectivity index (χ0) is 18.6. The van der Waals surface area contributed by atoms with E-state index in [-0.39, 0.29) is 12.0 Å². The van der Waals surface area contributed by atoms with Gasteiger partial charge in [0, 0.05) is 32.3 Å². The number of carbonyl (C=O) groups is 2. The minimum Gasteiger partial charge on any atom is -0.439 e. The van der Waals surface area contributed by atoms with Crippen molar-refractivity contribution in [3.63, 3.8) is 0 Å². The topological polar surface area (TPSA) is 80.6 Å². The highest BCUT2D eigenvalue weighted by Gasteiger charge is 2.49. The predicted octanol–water partition coefficient (Wildman–Crippen LogP) is 2.21. The molecule has 0 aromatic carbocycles. The number of nitrogens with zero attached hydrogens (tertiary/aromatic N) is 5. The van der Waals surface area contributed by atoms with E-state index >= 15 is 0 Å². The number of likely N-dealkylation sites (tertiary alicyclic amines) is 1. The number of rotatable bonds is 2. The van der Waals surface area contributed by atoms with Crippen LogP contribution in [0.4, 0.5) is 4.79 Å². The van der Waals surface area contributed by atoms with Gasteiger partial charge in [0.05, 0.1) is 25.0 Å². The first-order valence-electron chi connectivity index (χ1n) is 9.61. The van der Waals surface area contributed by atoms with Gasteiger partial charge in [0.1, 0.15) is 5.52 Å². The number of carbonyl (C=O) groups excluding carboxylic acids is 2. The van der Waals surface area contributed by atoms with Crippen LogP contribution in [-0.4, -0.2) is 68.6 Å². The average molecular weight is 369 g/mol. The second-order valence-electron chi connectivity index (χ2n) is 8.04. The van der Waals surface area contributed by atoms with Crippen molar-refractivity contribution in [2.24, 2.45) is 0 Å². The molecule has 142 valence electrons. The van der Waals surface area contributed by atoms with Gasteiger partial charge in [0.15, 0.2) is 11.2 Å². The average Bonchev–Trinajstić information content (AvgIpc) is 3.42. The molecule has 0 radical (unpaired) electrons. The molecule has 2 amide bonds. The second kappa shape index (κ2) is 5.94. The van der Waals surface area contributed by atoms with Crippen molar-refractivity contribution in [2.45, 2.75) is 43.7 Å². The molecule has 4 heterocycles. The van der Waals surface area contributed by atoms with Gasteiger partial charge in [0.2, 0.25) is 0 Å². The summed E-state index contributed by atoms with van der Waals surface area (Å²) in [4.78, 5) is 37.0. The Morgan fingerprint density at radius 3 is 2.81 bits per heavy atom. The van der Waals surface area contributed by atoms with Gasteiger partial charge in [-0.2, -0.15) is 0 Å². The maximum absolute atomic E-state index is 13.0. The number of amides is 2. The van der Waals surface area contributed by atoms with Crippen LogP contribution in [0.5, 0.6) is 0 Å². The first-order valence-corrected chi connectivity index (χ1v) is 9.61. The Morgan fingerprint density at radius 2 is 2.07 bits per heavy atom. The third-order valence-corrected chi connectivity index (χ3v) is 6.12. The molecule has 1 spiro atoms. The fourth-order valence-corrected chi connectivity index (χ4v) is 4.69. The molecular formula is C19H23N5O3. The van der Waals surface area contributed by atoms with Crippen LogP contribution in [0.2, 0.25) is 0 Å². The van der Waals surface area contributed by atoms with Gasteiger partial charge in [0.25, 0.3) is 5.91 Å². The minimum atomic E-state index is -0.566. The van der Waals surface area contributed by atoms with Crippen molar-refractivity contribution >= 4 is 23.2 Å². The Balaban J connectivity index is 1.36. The van der Waals surface area contributed by atoms with Gasteiger partial charge in [-0.15, -0.1) is 0 Å². The number of hydrogen-bond acceptors (Lipinski definition) is 5. The van der Waals surface area contributed by atoms with E-state index in [4.69, 9.17) is 4.74 Å². The molecule has 8 heteroatoms.